The van der Waals surface area contributed by atoms with Crippen molar-refractivity contribution in [2.75, 3.05) is 0 Å². The maximum atomic E-state index is 11.6. The molecule has 98 valence electrons. The third-order valence-electron chi connectivity index (χ3n) is 2.81. The van der Waals surface area contributed by atoms with Crippen LogP contribution in [0.4, 0.5) is 4.79 Å². The molecule has 17 heavy (non-hydrogen) atoms. The van der Waals surface area contributed by atoms with Crippen LogP contribution >= 0.6 is 0 Å². The standard InChI is InChI=1S/C13H23NO3/c1-12(2,3)10-8(7-9(10)15)14-11(16)17-13(4,5)6/h8,10H,7H2,1-6H3,(H,14,16). The third-order valence-corrected chi connectivity index (χ3v) is 2.81. The minimum absolute atomic E-state index is 0.0858. The zero-order valence-corrected chi connectivity index (χ0v) is 11.6. The molecule has 1 aliphatic rings. The number of ketones is 1. The number of ether oxygens (including phenoxy) is 1. The Morgan fingerprint density at radius 3 is 2.12 bits per heavy atom. The number of hydrogen-bond acceptors (Lipinski definition) is 3. The van der Waals surface area contributed by atoms with Crippen LogP contribution in [0.1, 0.15) is 48.0 Å². The van der Waals surface area contributed by atoms with Crippen molar-refractivity contribution >= 4 is 11.9 Å². The first-order chi connectivity index (χ1) is 7.50. The fourth-order valence-electron chi connectivity index (χ4n) is 2.21. The molecule has 0 aromatic rings. The molecule has 1 fully saturated rings. The smallest absolute Gasteiger partial charge is 0.407 e. The molecule has 1 rings (SSSR count). The highest BCUT2D eigenvalue weighted by Crippen LogP contribution is 2.38. The zero-order chi connectivity index (χ0) is 13.4. The van der Waals surface area contributed by atoms with Crippen molar-refractivity contribution in [2.45, 2.75) is 59.6 Å². The molecule has 1 amide bonds. The van der Waals surface area contributed by atoms with Crippen molar-refractivity contribution in [3.63, 3.8) is 0 Å². The molecule has 0 aromatic carbocycles. The van der Waals surface area contributed by atoms with Gasteiger partial charge in [-0.25, -0.2) is 4.79 Å². The average molecular weight is 241 g/mol. The Morgan fingerprint density at radius 1 is 1.24 bits per heavy atom. The van der Waals surface area contributed by atoms with Gasteiger partial charge in [-0.05, 0) is 26.2 Å². The summed E-state index contributed by atoms with van der Waals surface area (Å²) in [6, 6.07) is -0.0858. The summed E-state index contributed by atoms with van der Waals surface area (Å²) in [7, 11) is 0. The van der Waals surface area contributed by atoms with Crippen LogP contribution < -0.4 is 5.32 Å². The highest BCUT2D eigenvalue weighted by molar-refractivity contribution is 5.90. The molecule has 4 heteroatoms. The van der Waals surface area contributed by atoms with E-state index in [9.17, 15) is 9.59 Å². The van der Waals surface area contributed by atoms with Crippen molar-refractivity contribution in [1.82, 2.24) is 5.32 Å². The molecule has 4 nitrogen and oxygen atoms in total. The summed E-state index contributed by atoms with van der Waals surface area (Å²) in [5, 5.41) is 2.78. The molecular weight excluding hydrogens is 218 g/mol. The number of hydrogen-bond donors (Lipinski definition) is 1. The quantitative estimate of drug-likeness (QED) is 0.767. The normalized spacial score (nSPS) is 25.2. The SMILES string of the molecule is CC(C)(C)OC(=O)NC1CC(=O)C1C(C)(C)C. The summed E-state index contributed by atoms with van der Waals surface area (Å²) in [6.07, 6.45) is -0.0227. The van der Waals surface area contributed by atoms with E-state index < -0.39 is 11.7 Å². The number of carbonyl (C=O) groups excluding carboxylic acids is 2. The second kappa shape index (κ2) is 4.31. The number of nitrogens with one attached hydrogen (secondary N) is 1. The Balaban J connectivity index is 2.54. The second-order valence-electron chi connectivity index (χ2n) is 6.77. The lowest BCUT2D eigenvalue weighted by Gasteiger charge is -2.43. The van der Waals surface area contributed by atoms with E-state index in [1.807, 2.05) is 41.5 Å². The van der Waals surface area contributed by atoms with Gasteiger partial charge < -0.3 is 10.1 Å². The molecular formula is C13H23NO3. The molecule has 1 N–H and O–H groups in total. The van der Waals surface area contributed by atoms with Crippen LogP contribution in [0, 0.1) is 11.3 Å². The predicted octanol–water partition coefficient (Wildman–Crippen LogP) is 2.51. The third kappa shape index (κ3) is 3.72. The summed E-state index contributed by atoms with van der Waals surface area (Å²) in [4.78, 5) is 23.2. The van der Waals surface area contributed by atoms with Gasteiger partial charge in [0.05, 0.1) is 0 Å². The summed E-state index contributed by atoms with van der Waals surface area (Å²) in [6.45, 7) is 11.5. The van der Waals surface area contributed by atoms with Gasteiger partial charge in [0, 0.05) is 18.4 Å². The molecule has 1 aliphatic carbocycles. The molecule has 0 heterocycles. The van der Waals surface area contributed by atoms with Crippen molar-refractivity contribution in [1.29, 1.82) is 0 Å². The average Bonchev–Trinajstić information content (AvgIpc) is 1.94. The number of amides is 1. The van der Waals surface area contributed by atoms with Gasteiger partial charge in [0.15, 0.2) is 0 Å². The minimum atomic E-state index is -0.505. The molecule has 1 saturated carbocycles. The van der Waals surface area contributed by atoms with Gasteiger partial charge in [0.2, 0.25) is 0 Å². The van der Waals surface area contributed by atoms with E-state index in [1.54, 1.807) is 0 Å². The lowest BCUT2D eigenvalue weighted by molar-refractivity contribution is -0.136. The van der Waals surface area contributed by atoms with E-state index in [4.69, 9.17) is 4.74 Å². The minimum Gasteiger partial charge on any atom is -0.444 e. The Bertz CT molecular complexity index is 323. The molecule has 0 bridgehead atoms. The van der Waals surface area contributed by atoms with E-state index in [1.165, 1.54) is 0 Å². The fourth-order valence-corrected chi connectivity index (χ4v) is 2.21. The van der Waals surface area contributed by atoms with E-state index in [-0.39, 0.29) is 23.2 Å². The van der Waals surface area contributed by atoms with Crippen molar-refractivity contribution < 1.29 is 14.3 Å². The van der Waals surface area contributed by atoms with Crippen LogP contribution in [0.15, 0.2) is 0 Å². The monoisotopic (exact) mass is 241 g/mol. The first-order valence-electron chi connectivity index (χ1n) is 6.03. The Hall–Kier alpha value is -1.06. The van der Waals surface area contributed by atoms with Gasteiger partial charge >= 0.3 is 6.09 Å². The van der Waals surface area contributed by atoms with E-state index in [0.29, 0.717) is 6.42 Å². The van der Waals surface area contributed by atoms with Crippen molar-refractivity contribution in [2.24, 2.45) is 11.3 Å². The number of carbonyl (C=O) groups is 2. The van der Waals surface area contributed by atoms with E-state index >= 15 is 0 Å². The molecule has 0 aromatic heterocycles. The topological polar surface area (TPSA) is 55.4 Å². The lowest BCUT2D eigenvalue weighted by Crippen LogP contribution is -2.58. The van der Waals surface area contributed by atoms with Gasteiger partial charge in [0.1, 0.15) is 11.4 Å². The summed E-state index contributed by atoms with van der Waals surface area (Å²) in [5.74, 6) is 0.119. The predicted molar refractivity (Wildman–Crippen MR) is 65.7 cm³/mol. The Kier molecular flexibility index (Phi) is 3.55. The Morgan fingerprint density at radius 2 is 1.76 bits per heavy atom. The second-order valence-corrected chi connectivity index (χ2v) is 6.77. The van der Waals surface area contributed by atoms with Crippen molar-refractivity contribution in [3.8, 4) is 0 Å². The summed E-state index contributed by atoms with van der Waals surface area (Å²) < 4.78 is 5.18. The van der Waals surface area contributed by atoms with Crippen LogP contribution in [0.3, 0.4) is 0 Å². The number of Topliss-reactive ketones (excluding diaryl/α,β-unsaturated/α-hetero) is 1. The van der Waals surface area contributed by atoms with E-state index in [0.717, 1.165) is 0 Å². The van der Waals surface area contributed by atoms with Crippen LogP contribution in [0.5, 0.6) is 0 Å². The Labute approximate surface area is 103 Å². The molecule has 0 saturated heterocycles. The summed E-state index contributed by atoms with van der Waals surface area (Å²) >= 11 is 0. The van der Waals surface area contributed by atoms with Crippen LogP contribution in [-0.2, 0) is 9.53 Å². The fraction of sp³-hybridized carbons (Fsp3) is 0.846. The van der Waals surface area contributed by atoms with Crippen LogP contribution in [-0.4, -0.2) is 23.5 Å². The van der Waals surface area contributed by atoms with Gasteiger partial charge in [-0.3, -0.25) is 4.79 Å². The maximum Gasteiger partial charge on any atom is 0.407 e. The summed E-state index contributed by atoms with van der Waals surface area (Å²) in [5.41, 5.74) is -0.621. The van der Waals surface area contributed by atoms with Gasteiger partial charge in [0.25, 0.3) is 0 Å². The number of alkyl carbamates (subject to hydrolysis) is 1. The zero-order valence-electron chi connectivity index (χ0n) is 11.6. The molecule has 2 atom stereocenters. The largest absolute Gasteiger partial charge is 0.444 e. The highest BCUT2D eigenvalue weighted by atomic mass is 16.6. The maximum absolute atomic E-state index is 11.6. The highest BCUT2D eigenvalue weighted by Gasteiger charge is 2.47. The van der Waals surface area contributed by atoms with Crippen LogP contribution in [0.2, 0.25) is 0 Å². The first kappa shape index (κ1) is 14.0. The van der Waals surface area contributed by atoms with Gasteiger partial charge in [-0.15, -0.1) is 0 Å². The molecule has 0 aliphatic heterocycles. The first-order valence-corrected chi connectivity index (χ1v) is 6.03. The van der Waals surface area contributed by atoms with E-state index in [2.05, 4.69) is 5.32 Å². The van der Waals surface area contributed by atoms with Crippen LogP contribution in [0.25, 0.3) is 0 Å². The van der Waals surface area contributed by atoms with Gasteiger partial charge in [-0.1, -0.05) is 20.8 Å². The molecule has 0 radical (unpaired) electrons. The number of rotatable bonds is 1. The molecule has 2 unspecified atom stereocenters. The van der Waals surface area contributed by atoms with Crippen molar-refractivity contribution in [3.05, 3.63) is 0 Å². The molecule has 0 spiro atoms. The van der Waals surface area contributed by atoms with Gasteiger partial charge in [-0.2, -0.15) is 0 Å². The lowest BCUT2D eigenvalue weighted by atomic mass is 9.64.